The van der Waals surface area contributed by atoms with Gasteiger partial charge in [0.1, 0.15) is 0 Å². The standard InChI is InChI=1S/C6H3ClFNO2S/c7-3-1-4(8)5(9(10)11)2-6(3)12/h1-2,12H. The van der Waals surface area contributed by atoms with Gasteiger partial charge in [-0.2, -0.15) is 4.39 Å². The molecule has 6 heteroatoms. The topological polar surface area (TPSA) is 43.1 Å². The fourth-order valence-electron chi connectivity index (χ4n) is 0.666. The molecular formula is C6H3ClFNO2S. The Balaban J connectivity index is 3.33. The number of halogens is 2. The highest BCUT2D eigenvalue weighted by molar-refractivity contribution is 7.80. The van der Waals surface area contributed by atoms with Crippen molar-refractivity contribution < 1.29 is 9.31 Å². The van der Waals surface area contributed by atoms with Crippen molar-refractivity contribution in [1.82, 2.24) is 0 Å². The van der Waals surface area contributed by atoms with Gasteiger partial charge in [0.2, 0.25) is 5.82 Å². The smallest absolute Gasteiger partial charge is 0.258 e. The summed E-state index contributed by atoms with van der Waals surface area (Å²) in [5.41, 5.74) is -0.621. The van der Waals surface area contributed by atoms with Gasteiger partial charge in [-0.05, 0) is 0 Å². The van der Waals surface area contributed by atoms with Crippen LogP contribution in [0.1, 0.15) is 0 Å². The Morgan fingerprint density at radius 2 is 2.17 bits per heavy atom. The van der Waals surface area contributed by atoms with E-state index in [2.05, 4.69) is 12.6 Å². The summed E-state index contributed by atoms with van der Waals surface area (Å²) in [7, 11) is 0. The summed E-state index contributed by atoms with van der Waals surface area (Å²) < 4.78 is 12.7. The van der Waals surface area contributed by atoms with Gasteiger partial charge in [-0.3, -0.25) is 10.1 Å². The third-order valence-corrected chi connectivity index (χ3v) is 2.03. The van der Waals surface area contributed by atoms with Crippen LogP contribution in [0.2, 0.25) is 5.02 Å². The summed E-state index contributed by atoms with van der Waals surface area (Å²) in [5, 5.41) is 10.2. The minimum Gasteiger partial charge on any atom is -0.258 e. The molecule has 0 atom stereocenters. The number of nitro groups is 1. The number of hydrogen-bond donors (Lipinski definition) is 1. The summed E-state index contributed by atoms with van der Waals surface area (Å²) in [6.45, 7) is 0. The van der Waals surface area contributed by atoms with Crippen molar-refractivity contribution in [3.8, 4) is 0 Å². The first-order valence-corrected chi connectivity index (χ1v) is 3.67. The highest BCUT2D eigenvalue weighted by atomic mass is 35.5. The van der Waals surface area contributed by atoms with E-state index in [1.54, 1.807) is 0 Å². The molecule has 0 saturated heterocycles. The minimum atomic E-state index is -0.956. The van der Waals surface area contributed by atoms with Gasteiger partial charge in [0, 0.05) is 17.0 Å². The summed E-state index contributed by atoms with van der Waals surface area (Å²) in [6.07, 6.45) is 0. The highest BCUT2D eigenvalue weighted by Gasteiger charge is 2.15. The molecule has 0 unspecified atom stereocenters. The molecule has 1 rings (SSSR count). The SMILES string of the molecule is O=[N+]([O-])c1cc(S)c(Cl)cc1F. The average molecular weight is 208 g/mol. The van der Waals surface area contributed by atoms with Crippen LogP contribution >= 0.6 is 24.2 Å². The second-order valence-corrected chi connectivity index (χ2v) is 2.90. The Labute approximate surface area is 77.7 Å². The molecule has 0 heterocycles. The summed E-state index contributed by atoms with van der Waals surface area (Å²) in [6, 6.07) is 1.84. The first-order valence-electron chi connectivity index (χ1n) is 2.85. The van der Waals surface area contributed by atoms with E-state index < -0.39 is 16.4 Å². The third kappa shape index (κ3) is 1.67. The molecule has 1 aromatic rings. The van der Waals surface area contributed by atoms with Gasteiger partial charge in [-0.1, -0.05) is 11.6 Å². The number of hydrogen-bond acceptors (Lipinski definition) is 3. The van der Waals surface area contributed by atoms with Crippen LogP contribution in [0.15, 0.2) is 17.0 Å². The summed E-state index contributed by atoms with van der Waals surface area (Å²) >= 11 is 9.26. The van der Waals surface area contributed by atoms with Crippen molar-refractivity contribution in [3.05, 3.63) is 33.1 Å². The van der Waals surface area contributed by atoms with E-state index in [4.69, 9.17) is 11.6 Å². The predicted molar refractivity (Wildman–Crippen MR) is 45.3 cm³/mol. The maximum Gasteiger partial charge on any atom is 0.305 e. The van der Waals surface area contributed by atoms with Crippen molar-refractivity contribution >= 4 is 29.9 Å². The van der Waals surface area contributed by atoms with Crippen LogP contribution in [0.5, 0.6) is 0 Å². The molecule has 0 bridgehead atoms. The molecule has 0 saturated carbocycles. The van der Waals surface area contributed by atoms with Gasteiger partial charge in [0.25, 0.3) is 0 Å². The third-order valence-electron chi connectivity index (χ3n) is 1.21. The lowest BCUT2D eigenvalue weighted by molar-refractivity contribution is -0.387. The Hall–Kier alpha value is -0.810. The number of benzene rings is 1. The second-order valence-electron chi connectivity index (χ2n) is 2.01. The van der Waals surface area contributed by atoms with Crippen LogP contribution in [-0.2, 0) is 0 Å². The Morgan fingerprint density at radius 3 is 2.67 bits per heavy atom. The zero-order valence-electron chi connectivity index (χ0n) is 5.62. The van der Waals surface area contributed by atoms with Crippen molar-refractivity contribution in [2.45, 2.75) is 4.90 Å². The molecule has 0 fully saturated rings. The first kappa shape index (κ1) is 9.28. The summed E-state index contributed by atoms with van der Waals surface area (Å²) in [5.74, 6) is -0.956. The van der Waals surface area contributed by atoms with Gasteiger partial charge in [-0.15, -0.1) is 12.6 Å². The lowest BCUT2D eigenvalue weighted by Crippen LogP contribution is -1.92. The van der Waals surface area contributed by atoms with Gasteiger partial charge in [-0.25, -0.2) is 0 Å². The fraction of sp³-hybridized carbons (Fsp3) is 0. The fourth-order valence-corrected chi connectivity index (χ4v) is 1.00. The predicted octanol–water partition coefficient (Wildman–Crippen LogP) is 2.68. The van der Waals surface area contributed by atoms with E-state index in [9.17, 15) is 14.5 Å². The molecule has 0 radical (unpaired) electrons. The molecule has 12 heavy (non-hydrogen) atoms. The van der Waals surface area contributed by atoms with Crippen LogP contribution in [0.25, 0.3) is 0 Å². The van der Waals surface area contributed by atoms with Crippen LogP contribution in [-0.4, -0.2) is 4.92 Å². The zero-order chi connectivity index (χ0) is 9.30. The molecule has 0 aliphatic rings. The number of thiol groups is 1. The van der Waals surface area contributed by atoms with Gasteiger partial charge in [0.15, 0.2) is 0 Å². The molecule has 0 amide bonds. The molecular weight excluding hydrogens is 205 g/mol. The van der Waals surface area contributed by atoms with E-state index in [1.165, 1.54) is 0 Å². The maximum absolute atomic E-state index is 12.7. The normalized spacial score (nSPS) is 9.92. The minimum absolute atomic E-state index is 0.0569. The highest BCUT2D eigenvalue weighted by Crippen LogP contribution is 2.27. The second kappa shape index (κ2) is 3.28. The van der Waals surface area contributed by atoms with Crippen LogP contribution < -0.4 is 0 Å². The van der Waals surface area contributed by atoms with E-state index in [0.717, 1.165) is 12.1 Å². The monoisotopic (exact) mass is 207 g/mol. The van der Waals surface area contributed by atoms with Crippen LogP contribution in [0, 0.1) is 15.9 Å². The van der Waals surface area contributed by atoms with E-state index in [-0.39, 0.29) is 9.92 Å². The molecule has 64 valence electrons. The summed E-state index contributed by atoms with van der Waals surface area (Å²) in [4.78, 5) is 9.53. The van der Waals surface area contributed by atoms with Crippen molar-refractivity contribution in [1.29, 1.82) is 0 Å². The molecule has 0 N–H and O–H groups in total. The molecule has 0 aliphatic heterocycles. The Kier molecular flexibility index (Phi) is 2.54. The van der Waals surface area contributed by atoms with Crippen molar-refractivity contribution in [2.75, 3.05) is 0 Å². The van der Waals surface area contributed by atoms with Gasteiger partial charge >= 0.3 is 5.69 Å². The molecule has 0 spiro atoms. The number of rotatable bonds is 1. The quantitative estimate of drug-likeness (QED) is 0.437. The van der Waals surface area contributed by atoms with E-state index in [1.807, 2.05) is 0 Å². The lowest BCUT2D eigenvalue weighted by Gasteiger charge is -1.97. The van der Waals surface area contributed by atoms with Gasteiger partial charge in [0.05, 0.1) is 9.95 Å². The average Bonchev–Trinajstić information content (AvgIpc) is 1.96. The molecule has 0 aromatic heterocycles. The first-order chi connectivity index (χ1) is 5.52. The van der Waals surface area contributed by atoms with Gasteiger partial charge < -0.3 is 0 Å². The largest absolute Gasteiger partial charge is 0.305 e. The molecule has 3 nitrogen and oxygen atoms in total. The molecule has 1 aromatic carbocycles. The molecule has 0 aliphatic carbocycles. The number of nitrogens with zero attached hydrogens (tertiary/aromatic N) is 1. The van der Waals surface area contributed by atoms with Crippen LogP contribution in [0.4, 0.5) is 10.1 Å². The Morgan fingerprint density at radius 1 is 1.58 bits per heavy atom. The maximum atomic E-state index is 12.7. The van der Waals surface area contributed by atoms with Crippen molar-refractivity contribution in [3.63, 3.8) is 0 Å². The van der Waals surface area contributed by atoms with Crippen molar-refractivity contribution in [2.24, 2.45) is 0 Å². The Bertz CT molecular complexity index is 345. The zero-order valence-corrected chi connectivity index (χ0v) is 7.27. The van der Waals surface area contributed by atoms with Crippen LogP contribution in [0.3, 0.4) is 0 Å². The lowest BCUT2D eigenvalue weighted by atomic mass is 10.3. The number of nitro benzene ring substituents is 1. The van der Waals surface area contributed by atoms with E-state index >= 15 is 0 Å². The van der Waals surface area contributed by atoms with E-state index in [0.29, 0.717) is 0 Å².